The molecule has 0 radical (unpaired) electrons. The molecule has 1 aromatic carbocycles. The molecule has 0 saturated carbocycles. The molecule has 3 N–H and O–H groups in total. The Balaban J connectivity index is 2.59. The zero-order valence-electron chi connectivity index (χ0n) is 10.4. The summed E-state index contributed by atoms with van der Waals surface area (Å²) in [5.74, 6) is -1.13. The predicted octanol–water partition coefficient (Wildman–Crippen LogP) is 1.30. The van der Waals surface area contributed by atoms with Crippen molar-refractivity contribution in [1.82, 2.24) is 5.32 Å². The highest BCUT2D eigenvalue weighted by Gasteiger charge is 2.23. The maximum absolute atomic E-state index is 11.7. The van der Waals surface area contributed by atoms with E-state index >= 15 is 0 Å². The Bertz CT molecular complexity index is 454. The number of phenols is 1. The molecule has 0 aromatic heterocycles. The summed E-state index contributed by atoms with van der Waals surface area (Å²) < 4.78 is 0. The third-order valence-corrected chi connectivity index (χ3v) is 2.35. The fraction of sp³-hybridized carbons (Fsp3) is 0.385. The molecule has 0 spiro atoms. The first-order valence-electron chi connectivity index (χ1n) is 5.59. The van der Waals surface area contributed by atoms with Crippen LogP contribution in [0.25, 0.3) is 0 Å². The van der Waals surface area contributed by atoms with E-state index in [-0.39, 0.29) is 24.5 Å². The molecule has 18 heavy (non-hydrogen) atoms. The van der Waals surface area contributed by atoms with Gasteiger partial charge in [0.05, 0.1) is 12.8 Å². The van der Waals surface area contributed by atoms with Crippen molar-refractivity contribution in [3.05, 3.63) is 29.8 Å². The Hall–Kier alpha value is -2.04. The highest BCUT2D eigenvalue weighted by Crippen LogP contribution is 2.13. The molecule has 98 valence electrons. The smallest absolute Gasteiger partial charge is 0.305 e. The van der Waals surface area contributed by atoms with Crippen LogP contribution in [0.1, 0.15) is 25.8 Å². The summed E-state index contributed by atoms with van der Waals surface area (Å²) in [6.07, 6.45) is -0.0315. The van der Waals surface area contributed by atoms with E-state index in [4.69, 9.17) is 5.11 Å². The van der Waals surface area contributed by atoms with Crippen LogP contribution in [0.15, 0.2) is 24.3 Å². The average molecular weight is 251 g/mol. The van der Waals surface area contributed by atoms with Gasteiger partial charge in [-0.2, -0.15) is 0 Å². The topological polar surface area (TPSA) is 86.6 Å². The number of hydrogen-bond donors (Lipinski definition) is 3. The van der Waals surface area contributed by atoms with Gasteiger partial charge in [-0.1, -0.05) is 12.1 Å². The lowest BCUT2D eigenvalue weighted by Gasteiger charge is -2.24. The number of nitrogens with one attached hydrogen (secondary N) is 1. The van der Waals surface area contributed by atoms with Gasteiger partial charge in [-0.3, -0.25) is 9.59 Å². The van der Waals surface area contributed by atoms with E-state index in [0.717, 1.165) is 0 Å². The Morgan fingerprint density at radius 1 is 1.33 bits per heavy atom. The molecule has 0 aliphatic rings. The van der Waals surface area contributed by atoms with E-state index in [1.165, 1.54) is 12.1 Å². The van der Waals surface area contributed by atoms with Crippen molar-refractivity contribution in [2.45, 2.75) is 32.2 Å². The fourth-order valence-electron chi connectivity index (χ4n) is 1.70. The normalized spacial score (nSPS) is 11.0. The Morgan fingerprint density at radius 3 is 2.56 bits per heavy atom. The van der Waals surface area contributed by atoms with Gasteiger partial charge >= 0.3 is 5.97 Å². The van der Waals surface area contributed by atoms with Crippen molar-refractivity contribution >= 4 is 11.9 Å². The standard InChI is InChI=1S/C13H17NO4/c1-13(2,8-12(17)18)14-11(16)7-9-4-3-5-10(15)6-9/h3-6,15H,7-8H2,1-2H3,(H,14,16)(H,17,18). The maximum Gasteiger partial charge on any atom is 0.305 e. The number of carbonyl (C=O) groups is 2. The molecule has 0 aliphatic carbocycles. The molecule has 0 unspecified atom stereocenters. The monoisotopic (exact) mass is 251 g/mol. The molecule has 1 aromatic rings. The highest BCUT2D eigenvalue weighted by molar-refractivity contribution is 5.80. The van der Waals surface area contributed by atoms with Crippen LogP contribution in [-0.2, 0) is 16.0 Å². The van der Waals surface area contributed by atoms with Crippen LogP contribution in [0.3, 0.4) is 0 Å². The van der Waals surface area contributed by atoms with Crippen molar-refractivity contribution in [3.8, 4) is 5.75 Å². The zero-order chi connectivity index (χ0) is 13.8. The first-order chi connectivity index (χ1) is 8.28. The minimum Gasteiger partial charge on any atom is -0.508 e. The van der Waals surface area contributed by atoms with Crippen LogP contribution >= 0.6 is 0 Å². The van der Waals surface area contributed by atoms with Crippen LogP contribution in [0, 0.1) is 0 Å². The van der Waals surface area contributed by atoms with E-state index in [1.54, 1.807) is 26.0 Å². The number of aliphatic carboxylic acids is 1. The van der Waals surface area contributed by atoms with Gasteiger partial charge in [0.15, 0.2) is 0 Å². The second-order valence-corrected chi connectivity index (χ2v) is 4.85. The lowest BCUT2D eigenvalue weighted by atomic mass is 10.00. The number of amides is 1. The molecule has 0 atom stereocenters. The molecular formula is C13H17NO4. The number of benzene rings is 1. The van der Waals surface area contributed by atoms with Gasteiger partial charge < -0.3 is 15.5 Å². The van der Waals surface area contributed by atoms with Crippen molar-refractivity contribution in [1.29, 1.82) is 0 Å². The van der Waals surface area contributed by atoms with Gasteiger partial charge in [0.25, 0.3) is 0 Å². The largest absolute Gasteiger partial charge is 0.508 e. The van der Waals surface area contributed by atoms with Crippen molar-refractivity contribution < 1.29 is 19.8 Å². The molecule has 5 nitrogen and oxygen atoms in total. The third kappa shape index (κ3) is 4.86. The lowest BCUT2D eigenvalue weighted by Crippen LogP contribution is -2.45. The summed E-state index contributed by atoms with van der Waals surface area (Å²) in [6, 6.07) is 6.41. The zero-order valence-corrected chi connectivity index (χ0v) is 10.4. The van der Waals surface area contributed by atoms with Gasteiger partial charge in [-0.15, -0.1) is 0 Å². The molecular weight excluding hydrogens is 234 g/mol. The van der Waals surface area contributed by atoms with Gasteiger partial charge in [0, 0.05) is 5.54 Å². The van der Waals surface area contributed by atoms with E-state index < -0.39 is 11.5 Å². The van der Waals surface area contributed by atoms with Gasteiger partial charge in [0.2, 0.25) is 5.91 Å². The van der Waals surface area contributed by atoms with Crippen molar-refractivity contribution in [2.24, 2.45) is 0 Å². The van der Waals surface area contributed by atoms with Crippen molar-refractivity contribution in [3.63, 3.8) is 0 Å². The van der Waals surface area contributed by atoms with Crippen LogP contribution in [0.4, 0.5) is 0 Å². The number of hydrogen-bond acceptors (Lipinski definition) is 3. The van der Waals surface area contributed by atoms with Gasteiger partial charge in [-0.25, -0.2) is 0 Å². The van der Waals surface area contributed by atoms with E-state index in [9.17, 15) is 14.7 Å². The van der Waals surface area contributed by atoms with E-state index in [1.807, 2.05) is 0 Å². The summed E-state index contributed by atoms with van der Waals surface area (Å²) in [5.41, 5.74) is -0.113. The summed E-state index contributed by atoms with van der Waals surface area (Å²) in [5, 5.41) is 20.6. The average Bonchev–Trinajstić information content (AvgIpc) is 2.13. The third-order valence-electron chi connectivity index (χ3n) is 2.35. The van der Waals surface area contributed by atoms with Crippen LogP contribution in [-0.4, -0.2) is 27.6 Å². The molecule has 5 heteroatoms. The molecule has 1 rings (SSSR count). The first-order valence-corrected chi connectivity index (χ1v) is 5.59. The van der Waals surface area contributed by atoms with Gasteiger partial charge in [0.1, 0.15) is 5.75 Å². The van der Waals surface area contributed by atoms with E-state index in [2.05, 4.69) is 5.32 Å². The van der Waals surface area contributed by atoms with Crippen molar-refractivity contribution in [2.75, 3.05) is 0 Å². The first kappa shape index (κ1) is 14.0. The summed E-state index contributed by atoms with van der Waals surface area (Å²) in [4.78, 5) is 22.4. The minimum atomic E-state index is -0.961. The molecule has 0 bridgehead atoms. The second-order valence-electron chi connectivity index (χ2n) is 4.85. The maximum atomic E-state index is 11.7. The summed E-state index contributed by atoms with van der Waals surface area (Å²) in [6.45, 7) is 3.31. The lowest BCUT2D eigenvalue weighted by molar-refractivity contribution is -0.138. The molecule has 1 amide bonds. The summed E-state index contributed by atoms with van der Waals surface area (Å²) in [7, 11) is 0. The Kier molecular flexibility index (Phi) is 4.31. The van der Waals surface area contributed by atoms with Crippen LogP contribution < -0.4 is 5.32 Å². The number of aromatic hydroxyl groups is 1. The summed E-state index contributed by atoms with van der Waals surface area (Å²) >= 11 is 0. The van der Waals surface area contributed by atoms with Gasteiger partial charge in [-0.05, 0) is 31.5 Å². The number of rotatable bonds is 5. The van der Waals surface area contributed by atoms with Crippen LogP contribution in [0.2, 0.25) is 0 Å². The number of carboxylic acid groups (broad SMARTS) is 1. The fourth-order valence-corrected chi connectivity index (χ4v) is 1.70. The molecule has 0 saturated heterocycles. The molecule has 0 heterocycles. The predicted molar refractivity (Wildman–Crippen MR) is 66.3 cm³/mol. The second kappa shape index (κ2) is 5.53. The SMILES string of the molecule is CC(C)(CC(=O)O)NC(=O)Cc1cccc(O)c1. The Morgan fingerprint density at radius 2 is 2.00 bits per heavy atom. The van der Waals surface area contributed by atoms with E-state index in [0.29, 0.717) is 5.56 Å². The molecule has 0 aliphatic heterocycles. The number of carboxylic acids is 1. The minimum absolute atomic E-state index is 0.102. The quantitative estimate of drug-likeness (QED) is 0.736. The highest BCUT2D eigenvalue weighted by atomic mass is 16.4. The van der Waals surface area contributed by atoms with Crippen LogP contribution in [0.5, 0.6) is 5.75 Å². The number of carbonyl (C=O) groups excluding carboxylic acids is 1. The molecule has 0 fully saturated rings. The Labute approximate surface area is 105 Å². The number of phenolic OH excluding ortho intramolecular Hbond substituents is 1.